The predicted octanol–water partition coefficient (Wildman–Crippen LogP) is 2.61. The molecular weight excluding hydrogens is 366 g/mol. The third-order valence-electron chi connectivity index (χ3n) is 4.31. The van der Waals surface area contributed by atoms with Crippen molar-refractivity contribution in [2.75, 3.05) is 18.8 Å². The molecule has 0 unspecified atom stereocenters. The van der Waals surface area contributed by atoms with E-state index in [0.29, 0.717) is 36.6 Å². The first-order valence-corrected chi connectivity index (χ1v) is 9.60. The lowest BCUT2D eigenvalue weighted by atomic mass is 10.1. The SMILES string of the molecule is CCNC(=NCc1ccco1)NCCCc1nn(-c2ccccc2)c(N)c1C#N. The summed E-state index contributed by atoms with van der Waals surface area (Å²) >= 11 is 0. The van der Waals surface area contributed by atoms with Crippen LogP contribution in [0.5, 0.6) is 0 Å². The van der Waals surface area contributed by atoms with Crippen molar-refractivity contribution in [3.8, 4) is 11.8 Å². The molecule has 8 heteroatoms. The molecule has 8 nitrogen and oxygen atoms in total. The van der Waals surface area contributed by atoms with E-state index in [0.717, 1.165) is 30.4 Å². The van der Waals surface area contributed by atoms with E-state index in [1.165, 1.54) is 0 Å². The highest BCUT2D eigenvalue weighted by atomic mass is 16.3. The number of aromatic nitrogens is 2. The summed E-state index contributed by atoms with van der Waals surface area (Å²) in [6, 6.07) is 15.5. The van der Waals surface area contributed by atoms with Crippen LogP contribution in [0.4, 0.5) is 5.82 Å². The zero-order chi connectivity index (χ0) is 20.5. The van der Waals surface area contributed by atoms with E-state index in [9.17, 15) is 5.26 Å². The summed E-state index contributed by atoms with van der Waals surface area (Å²) in [5.74, 6) is 1.90. The largest absolute Gasteiger partial charge is 0.467 e. The predicted molar refractivity (Wildman–Crippen MR) is 113 cm³/mol. The molecule has 0 radical (unpaired) electrons. The van der Waals surface area contributed by atoms with Crippen molar-refractivity contribution in [2.24, 2.45) is 4.99 Å². The van der Waals surface area contributed by atoms with E-state index < -0.39 is 0 Å². The normalized spacial score (nSPS) is 11.2. The first-order valence-electron chi connectivity index (χ1n) is 9.60. The number of nitrogens with zero attached hydrogens (tertiary/aromatic N) is 4. The number of nitrogens with two attached hydrogens (primary N) is 1. The highest BCUT2D eigenvalue weighted by Crippen LogP contribution is 2.21. The molecule has 2 aromatic heterocycles. The van der Waals surface area contributed by atoms with E-state index in [4.69, 9.17) is 10.2 Å². The topological polar surface area (TPSA) is 117 Å². The first kappa shape index (κ1) is 20.0. The first-order chi connectivity index (χ1) is 14.2. The van der Waals surface area contributed by atoms with Crippen molar-refractivity contribution in [3.05, 3.63) is 65.7 Å². The van der Waals surface area contributed by atoms with Gasteiger partial charge in [-0.1, -0.05) is 18.2 Å². The molecule has 2 heterocycles. The highest BCUT2D eigenvalue weighted by molar-refractivity contribution is 5.79. The number of hydrogen-bond acceptors (Lipinski definition) is 5. The summed E-state index contributed by atoms with van der Waals surface area (Å²) in [4.78, 5) is 4.50. The smallest absolute Gasteiger partial charge is 0.191 e. The number of anilines is 1. The van der Waals surface area contributed by atoms with Gasteiger partial charge in [-0.3, -0.25) is 0 Å². The van der Waals surface area contributed by atoms with Crippen LogP contribution in [0.1, 0.15) is 30.4 Å². The third-order valence-corrected chi connectivity index (χ3v) is 4.31. The van der Waals surface area contributed by atoms with Crippen molar-refractivity contribution in [1.29, 1.82) is 5.26 Å². The van der Waals surface area contributed by atoms with Gasteiger partial charge < -0.3 is 20.8 Å². The molecule has 29 heavy (non-hydrogen) atoms. The lowest BCUT2D eigenvalue weighted by molar-refractivity contribution is 0.512. The number of hydrogen-bond donors (Lipinski definition) is 3. The number of furan rings is 1. The zero-order valence-corrected chi connectivity index (χ0v) is 16.4. The molecule has 0 aliphatic heterocycles. The van der Waals surface area contributed by atoms with Gasteiger partial charge in [-0.15, -0.1) is 0 Å². The summed E-state index contributed by atoms with van der Waals surface area (Å²) in [6.07, 6.45) is 3.06. The van der Waals surface area contributed by atoms with Gasteiger partial charge in [0.1, 0.15) is 29.8 Å². The van der Waals surface area contributed by atoms with Crippen molar-refractivity contribution < 1.29 is 4.42 Å². The van der Waals surface area contributed by atoms with E-state index >= 15 is 0 Å². The number of nitrogens with one attached hydrogen (secondary N) is 2. The average molecular weight is 391 g/mol. The molecule has 0 aliphatic rings. The number of guanidine groups is 1. The molecule has 0 bridgehead atoms. The standard InChI is InChI=1S/C21H25N7O/c1-2-24-21(26-15-17-10-7-13-29-17)25-12-6-11-19-18(14-22)20(23)28(27-19)16-8-4-3-5-9-16/h3-5,7-10,13H,2,6,11-12,15,23H2,1H3,(H2,24,25,26). The van der Waals surface area contributed by atoms with E-state index in [2.05, 4.69) is 26.8 Å². The molecular formula is C21H25N7O. The van der Waals surface area contributed by atoms with Gasteiger partial charge in [0.05, 0.1) is 17.6 Å². The summed E-state index contributed by atoms with van der Waals surface area (Å²) in [5, 5.41) is 20.6. The Hall–Kier alpha value is -3.73. The Bertz CT molecular complexity index is 969. The maximum atomic E-state index is 9.50. The Morgan fingerprint density at radius 3 is 2.76 bits per heavy atom. The summed E-state index contributed by atoms with van der Waals surface area (Å²) in [7, 11) is 0. The fourth-order valence-corrected chi connectivity index (χ4v) is 2.91. The molecule has 150 valence electrons. The number of nitrogen functional groups attached to an aromatic ring is 1. The van der Waals surface area contributed by atoms with Gasteiger partial charge in [0.15, 0.2) is 5.96 Å². The molecule has 0 spiro atoms. The number of nitriles is 1. The van der Waals surface area contributed by atoms with Gasteiger partial charge >= 0.3 is 0 Å². The van der Waals surface area contributed by atoms with Crippen LogP contribution < -0.4 is 16.4 Å². The molecule has 0 fully saturated rings. The van der Waals surface area contributed by atoms with E-state index in [-0.39, 0.29) is 0 Å². The Balaban J connectivity index is 1.59. The molecule has 0 aliphatic carbocycles. The number of benzene rings is 1. The lowest BCUT2D eigenvalue weighted by Gasteiger charge is -2.10. The second kappa shape index (κ2) is 9.99. The minimum Gasteiger partial charge on any atom is -0.467 e. The Morgan fingerprint density at radius 2 is 2.07 bits per heavy atom. The van der Waals surface area contributed by atoms with Crippen LogP contribution in [0.2, 0.25) is 0 Å². The Morgan fingerprint density at radius 1 is 1.24 bits per heavy atom. The van der Waals surface area contributed by atoms with Crippen molar-refractivity contribution in [1.82, 2.24) is 20.4 Å². The zero-order valence-electron chi connectivity index (χ0n) is 16.4. The fourth-order valence-electron chi connectivity index (χ4n) is 2.91. The van der Waals surface area contributed by atoms with Crippen LogP contribution in [0, 0.1) is 11.3 Å². The van der Waals surface area contributed by atoms with Crippen molar-refractivity contribution in [3.63, 3.8) is 0 Å². The second-order valence-electron chi connectivity index (χ2n) is 6.37. The van der Waals surface area contributed by atoms with Crippen LogP contribution in [0.3, 0.4) is 0 Å². The molecule has 1 aromatic carbocycles. The maximum Gasteiger partial charge on any atom is 0.191 e. The van der Waals surface area contributed by atoms with Crippen LogP contribution >= 0.6 is 0 Å². The molecule has 3 aromatic rings. The fraction of sp³-hybridized carbons (Fsp3) is 0.286. The minimum atomic E-state index is 0.370. The minimum absolute atomic E-state index is 0.370. The summed E-state index contributed by atoms with van der Waals surface area (Å²) in [5.41, 5.74) is 8.13. The van der Waals surface area contributed by atoms with Gasteiger partial charge in [0.2, 0.25) is 0 Å². The summed E-state index contributed by atoms with van der Waals surface area (Å²) < 4.78 is 6.93. The highest BCUT2D eigenvalue weighted by Gasteiger charge is 2.16. The van der Waals surface area contributed by atoms with Crippen LogP contribution in [-0.2, 0) is 13.0 Å². The lowest BCUT2D eigenvalue weighted by Crippen LogP contribution is -2.37. The van der Waals surface area contributed by atoms with Crippen molar-refractivity contribution >= 4 is 11.8 Å². The van der Waals surface area contributed by atoms with Gasteiger partial charge in [-0.05, 0) is 44.0 Å². The molecule has 3 rings (SSSR count). The van der Waals surface area contributed by atoms with Gasteiger partial charge in [-0.25, -0.2) is 9.67 Å². The van der Waals surface area contributed by atoms with Crippen LogP contribution in [0.15, 0.2) is 58.1 Å². The molecule has 0 amide bonds. The Labute approximate surface area is 170 Å². The average Bonchev–Trinajstić information content (AvgIpc) is 3.37. The van der Waals surface area contributed by atoms with Gasteiger partial charge in [0, 0.05) is 13.1 Å². The van der Waals surface area contributed by atoms with Gasteiger partial charge in [-0.2, -0.15) is 10.4 Å². The second-order valence-corrected chi connectivity index (χ2v) is 6.37. The van der Waals surface area contributed by atoms with Crippen molar-refractivity contribution in [2.45, 2.75) is 26.3 Å². The molecule has 0 atom stereocenters. The number of aryl methyl sites for hydroxylation is 1. The maximum absolute atomic E-state index is 9.50. The van der Waals surface area contributed by atoms with E-state index in [1.807, 2.05) is 49.4 Å². The number of rotatable bonds is 8. The quantitative estimate of drug-likeness (QED) is 0.309. The number of para-hydroxylation sites is 1. The molecule has 0 saturated carbocycles. The van der Waals surface area contributed by atoms with Crippen LogP contribution in [-0.4, -0.2) is 28.8 Å². The number of aliphatic imine (C=N–C) groups is 1. The van der Waals surface area contributed by atoms with Crippen LogP contribution in [0.25, 0.3) is 5.69 Å². The monoisotopic (exact) mass is 391 g/mol. The van der Waals surface area contributed by atoms with E-state index in [1.54, 1.807) is 10.9 Å². The summed E-state index contributed by atoms with van der Waals surface area (Å²) in [6.45, 7) is 3.94. The molecule has 4 N–H and O–H groups in total. The third kappa shape index (κ3) is 5.17. The Kier molecular flexibility index (Phi) is 6.90. The van der Waals surface area contributed by atoms with Gasteiger partial charge in [0.25, 0.3) is 0 Å². The molecule has 0 saturated heterocycles.